The maximum Gasteiger partial charge on any atom is 0.225 e. The summed E-state index contributed by atoms with van der Waals surface area (Å²) in [6, 6.07) is 0. The van der Waals surface area contributed by atoms with E-state index in [1.54, 1.807) is 0 Å². The highest BCUT2D eigenvalue weighted by Crippen LogP contribution is 2.16. The van der Waals surface area contributed by atoms with Crippen molar-refractivity contribution >= 4 is 23.6 Å². The van der Waals surface area contributed by atoms with E-state index in [2.05, 4.69) is 0 Å². The minimum absolute atomic E-state index is 0.0254. The Bertz CT molecular complexity index is 555. The van der Waals surface area contributed by atoms with Gasteiger partial charge < -0.3 is 21.3 Å². The van der Waals surface area contributed by atoms with Crippen LogP contribution in [0.25, 0.3) is 0 Å². The molecule has 8 heteroatoms. The van der Waals surface area contributed by atoms with Crippen molar-refractivity contribution < 1.29 is 19.2 Å². The number of piperidine rings is 1. The number of nitrogens with zero attached hydrogens (tertiary/aromatic N) is 2. The van der Waals surface area contributed by atoms with Crippen molar-refractivity contribution in [2.45, 2.75) is 84.0 Å². The topological polar surface area (TPSA) is 127 Å². The zero-order valence-electron chi connectivity index (χ0n) is 18.6. The fraction of sp³-hybridized carbons (Fsp3) is 0.818. The van der Waals surface area contributed by atoms with E-state index in [9.17, 15) is 19.2 Å². The molecule has 0 aromatic rings. The molecule has 4 amide bonds. The molecule has 8 nitrogen and oxygen atoms in total. The van der Waals surface area contributed by atoms with Crippen molar-refractivity contribution in [3.8, 4) is 0 Å². The molecule has 1 atom stereocenters. The average molecular weight is 425 g/mol. The lowest BCUT2D eigenvalue weighted by atomic mass is 10.0. The predicted molar refractivity (Wildman–Crippen MR) is 116 cm³/mol. The summed E-state index contributed by atoms with van der Waals surface area (Å²) in [5.74, 6) is -0.0650. The molecule has 2 saturated heterocycles. The highest BCUT2D eigenvalue weighted by molar-refractivity contribution is 5.79. The van der Waals surface area contributed by atoms with Gasteiger partial charge >= 0.3 is 0 Å². The molecule has 2 aliphatic heterocycles. The van der Waals surface area contributed by atoms with Crippen LogP contribution in [0.5, 0.6) is 0 Å². The van der Waals surface area contributed by atoms with E-state index in [1.165, 1.54) is 6.42 Å². The van der Waals surface area contributed by atoms with Crippen LogP contribution in [0, 0.1) is 5.92 Å². The number of unbranched alkanes of at least 4 members (excludes halogenated alkanes) is 1. The maximum absolute atomic E-state index is 12.0. The van der Waals surface area contributed by atoms with Crippen LogP contribution >= 0.6 is 0 Å². The van der Waals surface area contributed by atoms with Gasteiger partial charge in [0.2, 0.25) is 23.6 Å². The van der Waals surface area contributed by atoms with Crippen LogP contribution in [0.3, 0.4) is 0 Å². The van der Waals surface area contributed by atoms with E-state index in [0.717, 1.165) is 77.5 Å². The summed E-state index contributed by atoms with van der Waals surface area (Å²) in [4.78, 5) is 48.4. The molecule has 1 unspecified atom stereocenters. The SMILES string of the molecule is CC(CCCC(N)=O)C(=O)N1CCCCC1.NC(=O)CCCCC(=O)N1CCCC1. The fourth-order valence-corrected chi connectivity index (χ4v) is 3.83. The van der Waals surface area contributed by atoms with Gasteiger partial charge in [0.05, 0.1) is 0 Å². The Morgan fingerprint density at radius 3 is 1.73 bits per heavy atom. The smallest absolute Gasteiger partial charge is 0.225 e. The molecule has 0 aliphatic carbocycles. The van der Waals surface area contributed by atoms with Gasteiger partial charge in [0.1, 0.15) is 0 Å². The lowest BCUT2D eigenvalue weighted by Gasteiger charge is -2.29. The summed E-state index contributed by atoms with van der Waals surface area (Å²) < 4.78 is 0. The van der Waals surface area contributed by atoms with Crippen LogP contribution in [0.15, 0.2) is 0 Å². The largest absolute Gasteiger partial charge is 0.370 e. The van der Waals surface area contributed by atoms with Crippen molar-refractivity contribution in [2.24, 2.45) is 17.4 Å². The monoisotopic (exact) mass is 424 g/mol. The Morgan fingerprint density at radius 1 is 0.700 bits per heavy atom. The van der Waals surface area contributed by atoms with Crippen LogP contribution in [-0.4, -0.2) is 59.6 Å². The summed E-state index contributed by atoms with van der Waals surface area (Å²) >= 11 is 0. The van der Waals surface area contributed by atoms with E-state index >= 15 is 0 Å². The van der Waals surface area contributed by atoms with Gasteiger partial charge in [-0.1, -0.05) is 6.92 Å². The number of hydrogen-bond donors (Lipinski definition) is 2. The van der Waals surface area contributed by atoms with Gasteiger partial charge in [0.15, 0.2) is 0 Å². The minimum Gasteiger partial charge on any atom is -0.370 e. The predicted octanol–water partition coefficient (Wildman–Crippen LogP) is 1.95. The van der Waals surface area contributed by atoms with Gasteiger partial charge in [-0.25, -0.2) is 0 Å². The summed E-state index contributed by atoms with van der Waals surface area (Å²) in [6.07, 6.45) is 10.1. The molecule has 2 aliphatic rings. The molecule has 2 rings (SSSR count). The third-order valence-corrected chi connectivity index (χ3v) is 5.67. The number of rotatable bonds is 10. The lowest BCUT2D eigenvalue weighted by Crippen LogP contribution is -2.38. The quantitative estimate of drug-likeness (QED) is 0.520. The van der Waals surface area contributed by atoms with Gasteiger partial charge in [0.25, 0.3) is 0 Å². The second-order valence-electron chi connectivity index (χ2n) is 8.41. The summed E-state index contributed by atoms with van der Waals surface area (Å²) in [7, 11) is 0. The van der Waals surface area contributed by atoms with Gasteiger partial charge in [-0.15, -0.1) is 0 Å². The van der Waals surface area contributed by atoms with E-state index in [0.29, 0.717) is 19.3 Å². The van der Waals surface area contributed by atoms with Gasteiger partial charge in [-0.2, -0.15) is 0 Å². The first kappa shape index (κ1) is 25.9. The van der Waals surface area contributed by atoms with Crippen molar-refractivity contribution in [2.75, 3.05) is 26.2 Å². The molecule has 30 heavy (non-hydrogen) atoms. The second-order valence-corrected chi connectivity index (χ2v) is 8.41. The Hall–Kier alpha value is -2.12. The zero-order chi connectivity index (χ0) is 22.4. The van der Waals surface area contributed by atoms with Crippen molar-refractivity contribution in [3.05, 3.63) is 0 Å². The minimum atomic E-state index is -0.280. The second kappa shape index (κ2) is 14.8. The van der Waals surface area contributed by atoms with E-state index in [1.807, 2.05) is 16.7 Å². The normalized spacial score (nSPS) is 17.1. The fourth-order valence-electron chi connectivity index (χ4n) is 3.83. The number of nitrogens with two attached hydrogens (primary N) is 2. The van der Waals surface area contributed by atoms with Gasteiger partial charge in [0, 0.05) is 51.4 Å². The third-order valence-electron chi connectivity index (χ3n) is 5.67. The molecule has 0 saturated carbocycles. The molecule has 0 aromatic heterocycles. The highest BCUT2D eigenvalue weighted by atomic mass is 16.2. The number of carbonyl (C=O) groups excluding carboxylic acids is 4. The molecule has 2 heterocycles. The van der Waals surface area contributed by atoms with E-state index in [4.69, 9.17) is 11.5 Å². The van der Waals surface area contributed by atoms with E-state index < -0.39 is 0 Å². The van der Waals surface area contributed by atoms with Crippen molar-refractivity contribution in [1.82, 2.24) is 9.80 Å². The lowest BCUT2D eigenvalue weighted by molar-refractivity contribution is -0.136. The molecule has 0 bridgehead atoms. The molecule has 0 aromatic carbocycles. The molecule has 2 fully saturated rings. The Morgan fingerprint density at radius 2 is 1.17 bits per heavy atom. The summed E-state index contributed by atoms with van der Waals surface area (Å²) in [6.45, 7) is 5.57. The Balaban J connectivity index is 0.000000303. The first-order valence-corrected chi connectivity index (χ1v) is 11.4. The van der Waals surface area contributed by atoms with Crippen LogP contribution in [0.1, 0.15) is 84.0 Å². The van der Waals surface area contributed by atoms with Gasteiger partial charge in [-0.3, -0.25) is 19.2 Å². The first-order chi connectivity index (χ1) is 14.3. The standard InChI is InChI=1S/C12H22N2O2.C10H18N2O2/c1-10(6-5-7-11(13)15)12(16)14-8-3-2-4-9-14;11-9(13)5-1-2-6-10(14)12-7-3-4-8-12/h10H,2-9H2,1H3,(H2,13,15);1-8H2,(H2,11,13). The summed E-state index contributed by atoms with van der Waals surface area (Å²) in [5.41, 5.74) is 10.1. The molecule has 4 N–H and O–H groups in total. The van der Waals surface area contributed by atoms with Crippen LogP contribution in [0.2, 0.25) is 0 Å². The van der Waals surface area contributed by atoms with Crippen molar-refractivity contribution in [1.29, 1.82) is 0 Å². The first-order valence-electron chi connectivity index (χ1n) is 11.4. The Kier molecular flexibility index (Phi) is 12.8. The van der Waals surface area contributed by atoms with E-state index in [-0.39, 0.29) is 29.5 Å². The maximum atomic E-state index is 12.0. The number of carbonyl (C=O) groups is 4. The molecule has 0 spiro atoms. The average Bonchev–Trinajstić information content (AvgIpc) is 3.26. The highest BCUT2D eigenvalue weighted by Gasteiger charge is 2.21. The number of hydrogen-bond acceptors (Lipinski definition) is 4. The molecule has 172 valence electrons. The molecular weight excluding hydrogens is 384 g/mol. The Labute approximate surface area is 180 Å². The number of amides is 4. The van der Waals surface area contributed by atoms with Crippen LogP contribution in [-0.2, 0) is 19.2 Å². The third kappa shape index (κ3) is 11.2. The van der Waals surface area contributed by atoms with Gasteiger partial charge in [-0.05, 0) is 57.8 Å². The molecular formula is C22H40N4O4. The van der Waals surface area contributed by atoms with Crippen LogP contribution in [0.4, 0.5) is 0 Å². The van der Waals surface area contributed by atoms with Crippen LogP contribution < -0.4 is 11.5 Å². The number of primary amides is 2. The number of likely N-dealkylation sites (tertiary alicyclic amines) is 2. The molecule has 0 radical (unpaired) electrons. The van der Waals surface area contributed by atoms with Crippen molar-refractivity contribution in [3.63, 3.8) is 0 Å². The zero-order valence-corrected chi connectivity index (χ0v) is 18.6. The summed E-state index contributed by atoms with van der Waals surface area (Å²) in [5, 5.41) is 0.